The molecule has 472 valence electrons. The highest BCUT2D eigenvalue weighted by Crippen LogP contribution is 2.66. The zero-order chi connectivity index (χ0) is 63.2. The van der Waals surface area contributed by atoms with Gasteiger partial charge in [-0.05, 0) is 154 Å². The number of rotatable bonds is 21. The second kappa shape index (κ2) is 25.4. The number of carboxylic acids is 1. The van der Waals surface area contributed by atoms with Gasteiger partial charge in [0.1, 0.15) is 17.9 Å². The second-order valence-electron chi connectivity index (χ2n) is 27.3. The van der Waals surface area contributed by atoms with Crippen LogP contribution in [0.3, 0.4) is 0 Å². The molecule has 5 amide bonds. The Balaban J connectivity index is 0.616. The van der Waals surface area contributed by atoms with Crippen LogP contribution in [0.15, 0.2) is 90.6 Å². The Morgan fingerprint density at radius 3 is 2.34 bits per heavy atom. The van der Waals surface area contributed by atoms with Crippen LogP contribution in [0.2, 0.25) is 0 Å². The summed E-state index contributed by atoms with van der Waals surface area (Å²) in [5, 5.41) is 39.3. The lowest BCUT2D eigenvalue weighted by Gasteiger charge is -2.61. The van der Waals surface area contributed by atoms with Gasteiger partial charge in [0.25, 0.3) is 5.91 Å². The molecule has 4 bridgehead atoms. The molecular weight excluding hydrogens is 1170 g/mol. The van der Waals surface area contributed by atoms with Crippen molar-refractivity contribution in [2.45, 2.75) is 162 Å². The van der Waals surface area contributed by atoms with Crippen molar-refractivity contribution in [2.24, 2.45) is 28.1 Å². The van der Waals surface area contributed by atoms with Crippen LogP contribution in [0.25, 0.3) is 31.8 Å². The Bertz CT molecular complexity index is 3840. The molecule has 0 spiro atoms. The summed E-state index contributed by atoms with van der Waals surface area (Å²) in [7, 11) is 0. The van der Waals surface area contributed by atoms with Crippen LogP contribution in [0.4, 0.5) is 10.9 Å². The van der Waals surface area contributed by atoms with E-state index < -0.39 is 40.9 Å². The van der Waals surface area contributed by atoms with E-state index in [9.17, 15) is 39.0 Å². The number of thiazole rings is 2. The third-order valence-corrected chi connectivity index (χ3v) is 21.6. The maximum absolute atomic E-state index is 14.4. The van der Waals surface area contributed by atoms with E-state index >= 15 is 0 Å². The first-order chi connectivity index (χ1) is 43.1. The molecule has 5 fully saturated rings. The fraction of sp³-hybridized carbons (Fsp3) is 0.478. The average Bonchev–Trinajstić information content (AvgIpc) is 1.18. The molecule has 4 saturated carbocycles. The van der Waals surface area contributed by atoms with Gasteiger partial charge >= 0.3 is 5.97 Å². The third-order valence-electron chi connectivity index (χ3n) is 19.7. The predicted molar refractivity (Wildman–Crippen MR) is 348 cm³/mol. The summed E-state index contributed by atoms with van der Waals surface area (Å²) in [5.74, 6) is -0.872. The van der Waals surface area contributed by atoms with Crippen LogP contribution in [0, 0.1) is 41.9 Å². The van der Waals surface area contributed by atoms with Crippen molar-refractivity contribution < 1.29 is 39.0 Å². The number of aliphatic hydroxyl groups is 1. The number of aryl methyl sites for hydroxylation is 1. The summed E-state index contributed by atoms with van der Waals surface area (Å²) in [4.78, 5) is 101. The minimum atomic E-state index is -1.14. The molecule has 2 aliphatic heterocycles. The molecule has 6 atom stereocenters. The molecule has 19 nitrogen and oxygen atoms in total. The van der Waals surface area contributed by atoms with Gasteiger partial charge in [0, 0.05) is 67.9 Å². The van der Waals surface area contributed by atoms with Crippen molar-refractivity contribution in [2.75, 3.05) is 29.9 Å². The largest absolute Gasteiger partial charge is 0.476 e. The number of aromatic nitrogens is 5. The molecule has 90 heavy (non-hydrogen) atoms. The summed E-state index contributed by atoms with van der Waals surface area (Å²) in [6, 6.07) is 23.0. The minimum absolute atomic E-state index is 0.00544. The van der Waals surface area contributed by atoms with Crippen LogP contribution in [-0.4, -0.2) is 113 Å². The zero-order valence-electron chi connectivity index (χ0n) is 52.1. The van der Waals surface area contributed by atoms with Crippen LogP contribution in [0.1, 0.15) is 160 Å². The van der Waals surface area contributed by atoms with Gasteiger partial charge < -0.3 is 36.0 Å². The van der Waals surface area contributed by atoms with Gasteiger partial charge in [-0.1, -0.05) is 93.5 Å². The molecule has 6 aliphatic rings. The lowest BCUT2D eigenvalue weighted by atomic mass is 9.44. The first kappa shape index (κ1) is 62.3. The molecule has 6 N–H and O–H groups in total. The van der Waals surface area contributed by atoms with E-state index in [2.05, 4.69) is 31.2 Å². The number of carbonyl (C=O) groups excluding carboxylic acids is 5. The Morgan fingerprint density at radius 1 is 0.844 bits per heavy atom. The van der Waals surface area contributed by atoms with E-state index in [1.165, 1.54) is 16.2 Å². The van der Waals surface area contributed by atoms with E-state index in [0.717, 1.165) is 107 Å². The van der Waals surface area contributed by atoms with Crippen molar-refractivity contribution in [3.05, 3.63) is 130 Å². The van der Waals surface area contributed by atoms with E-state index in [1.54, 1.807) is 17.5 Å². The lowest BCUT2D eigenvalue weighted by molar-refractivity contribution is -0.159. The van der Waals surface area contributed by atoms with Crippen LogP contribution in [-0.2, 0) is 38.7 Å². The van der Waals surface area contributed by atoms with E-state index in [-0.39, 0.29) is 60.2 Å². The summed E-state index contributed by atoms with van der Waals surface area (Å²) in [5.41, 5.74) is 8.74. The quantitative estimate of drug-likeness (QED) is 0.0367. The smallest absolute Gasteiger partial charge is 0.355 e. The predicted octanol–water partition coefficient (Wildman–Crippen LogP) is 10.8. The van der Waals surface area contributed by atoms with Crippen LogP contribution >= 0.6 is 22.7 Å². The van der Waals surface area contributed by atoms with Gasteiger partial charge in [0.05, 0.1) is 50.1 Å². The molecule has 4 aliphatic carbocycles. The number of nitrogens with one attached hydrogen (secondary N) is 4. The summed E-state index contributed by atoms with van der Waals surface area (Å²) in [6.45, 7) is 13.6. The number of unbranched alkanes of at least 4 members (excludes halogenated alkanes) is 3. The van der Waals surface area contributed by atoms with Gasteiger partial charge in [-0.15, -0.1) is 11.3 Å². The zero-order valence-corrected chi connectivity index (χ0v) is 53.8. The van der Waals surface area contributed by atoms with E-state index in [0.29, 0.717) is 78.5 Å². The third kappa shape index (κ3) is 12.9. The maximum Gasteiger partial charge on any atom is 0.355 e. The normalized spacial score (nSPS) is 22.5. The number of pyridine rings is 1. The number of carboxylic acid groups (broad SMARTS) is 1. The first-order valence-corrected chi connectivity index (χ1v) is 33.5. The maximum atomic E-state index is 14.4. The number of benzene rings is 3. The Morgan fingerprint density at radius 2 is 1.61 bits per heavy atom. The number of para-hydroxylation sites is 1. The van der Waals surface area contributed by atoms with Crippen molar-refractivity contribution in [1.29, 1.82) is 0 Å². The van der Waals surface area contributed by atoms with Gasteiger partial charge in [0.2, 0.25) is 23.6 Å². The summed E-state index contributed by atoms with van der Waals surface area (Å²) >= 11 is 3.00. The summed E-state index contributed by atoms with van der Waals surface area (Å²) in [6.07, 6.45) is 10.5. The number of hydrogen-bond acceptors (Lipinski definition) is 14. The number of anilines is 2. The molecular formula is C69H81N11O8S2. The van der Waals surface area contributed by atoms with Crippen molar-refractivity contribution in [3.8, 4) is 21.6 Å². The molecule has 7 aromatic rings. The highest BCUT2D eigenvalue weighted by Gasteiger charge is 2.60. The monoisotopic (exact) mass is 1260 g/mol. The Labute approximate surface area is 532 Å². The topological polar surface area (TPSA) is 254 Å². The molecule has 0 radical (unpaired) electrons. The number of β-amino-alcohol motifs (C(OH)–C–C–N with tert-alkyl or cyclic N) is 1. The summed E-state index contributed by atoms with van der Waals surface area (Å²) < 4.78 is 3.00. The highest BCUT2D eigenvalue weighted by atomic mass is 32.1. The molecule has 6 heterocycles. The lowest BCUT2D eigenvalue weighted by Crippen LogP contribution is -2.58. The first-order valence-electron chi connectivity index (χ1n) is 31.8. The van der Waals surface area contributed by atoms with Gasteiger partial charge in [-0.25, -0.2) is 19.7 Å². The Kier molecular flexibility index (Phi) is 17.6. The number of aliphatic hydroxyl groups excluding tert-OH is 1. The number of hydrogen-bond donors (Lipinski definition) is 6. The van der Waals surface area contributed by atoms with Gasteiger partial charge in [0.15, 0.2) is 10.8 Å². The number of carbonyl (C=O) groups is 6. The van der Waals surface area contributed by atoms with Gasteiger partial charge in [-0.3, -0.25) is 34.0 Å². The average molecular weight is 1260 g/mol. The highest BCUT2D eigenvalue weighted by molar-refractivity contribution is 7.22. The van der Waals surface area contributed by atoms with E-state index in [4.69, 9.17) is 10.1 Å². The fourth-order valence-electron chi connectivity index (χ4n) is 15.6. The fourth-order valence-corrected chi connectivity index (χ4v) is 17.3. The number of amides is 5. The molecule has 3 aromatic carbocycles. The molecule has 4 aromatic heterocycles. The molecule has 13 rings (SSSR count). The Hall–Kier alpha value is -7.88. The van der Waals surface area contributed by atoms with Crippen molar-refractivity contribution in [3.63, 3.8) is 0 Å². The van der Waals surface area contributed by atoms with E-state index in [1.807, 2.05) is 135 Å². The number of fused-ring (bicyclic) bond motifs is 2. The van der Waals surface area contributed by atoms with Crippen molar-refractivity contribution in [1.82, 2.24) is 45.6 Å². The SMILES string of the molecule is Cc1ncsc1-c1ccc([C@H](C)NC(=O)[C@@H]2C[C@@H](O)CN2C(=O)[C@@H](NC(=O)CCCCCCNC(=O)C23C[C@H]4C[C@@H](CC(Cn5ncc(-c6ccc(N7CCc8cccc(C(=O)Nc9nc%10ccccc%10s9)c8C7)nc6C(=O)O)c5C)(C4)C2)C3)C(C)(C)C)cc1. The van der Waals surface area contributed by atoms with Gasteiger partial charge in [-0.2, -0.15) is 5.10 Å². The second-order valence-corrected chi connectivity index (χ2v) is 29.2. The molecule has 0 unspecified atom stereocenters. The standard InChI is InChI=1S/C69H81N11O8S2/c1-40(45-19-21-47(22-20-45)59-41(2)71-39-89-59)73-62(84)54-29-48(81)35-79(54)63(85)60(67(4,5)6)76-57(82)18-9-7-8-12-26-70-65(88)69-32-43-28-44(33-69)31-68(30-43,37-69)38-80-42(3)51(34-72-80)49-23-24-56(75-58(49)64(86)87)78-27-25-46-14-13-15-50(52(46)36-78)61(83)77-66-74-53-16-10-11-17-55(53)90-66/h10-11,13-17,19-24,34,39-40,43-44,48,54,60,81H,7-9,12,18,25-33,35-38H2,1-6H3,(H,70,88)(H,73,84)(H,76,82)(H,86,87)(H,74,77,83)/t40-,43-,44-,48+,54-,60+,68?,69?/m0/s1. The number of nitrogens with zero attached hydrogens (tertiary/aromatic N) is 7. The minimum Gasteiger partial charge on any atom is -0.476 e. The van der Waals surface area contributed by atoms with Crippen molar-refractivity contribution >= 4 is 79.3 Å². The van der Waals surface area contributed by atoms with Crippen LogP contribution in [0.5, 0.6) is 0 Å². The molecule has 1 saturated heterocycles. The van der Waals surface area contributed by atoms with Crippen LogP contribution < -0.4 is 26.2 Å². The number of likely N-dealkylation sites (tertiary alicyclic amines) is 1. The number of aromatic carboxylic acids is 1. The molecule has 21 heteroatoms.